The molecule has 7 nitrogen and oxygen atoms in total. The van der Waals surface area contributed by atoms with Crippen LogP contribution in [0, 0.1) is 0 Å². The zero-order valence-electron chi connectivity index (χ0n) is 8.22. The summed E-state index contributed by atoms with van der Waals surface area (Å²) >= 11 is 0. The summed E-state index contributed by atoms with van der Waals surface area (Å²) in [5.74, 6) is -0.161. The van der Waals surface area contributed by atoms with E-state index in [0.29, 0.717) is 26.1 Å². The Balaban J connectivity index is 2.50. The Morgan fingerprint density at radius 3 is 2.67 bits per heavy atom. The predicted molar refractivity (Wildman–Crippen MR) is 54.2 cm³/mol. The van der Waals surface area contributed by atoms with Gasteiger partial charge in [-0.2, -0.15) is 0 Å². The number of nitrogens with zero attached hydrogens (tertiary/aromatic N) is 1. The van der Waals surface area contributed by atoms with Crippen LogP contribution in [0.5, 0.6) is 0 Å². The Labute approximate surface area is 88.3 Å². The normalized spacial score (nSPS) is 20.4. The summed E-state index contributed by atoms with van der Waals surface area (Å²) in [5, 5.41) is 10.5. The number of hydrogen-bond acceptors (Lipinski definition) is 5. The molecule has 0 aliphatic carbocycles. The minimum Gasteiger partial charge on any atom is -0.409 e. The maximum absolute atomic E-state index is 11.6. The standard InChI is InChI=1S/C7H15N3O4S/c8-7(10-11)5-9-15(12,13)6-1-3-14-4-2-6/h6,9,11H,1-5H2,(H2,8,10). The summed E-state index contributed by atoms with van der Waals surface area (Å²) in [6.07, 6.45) is 0.955. The van der Waals surface area contributed by atoms with Crippen LogP contribution in [0.4, 0.5) is 0 Å². The van der Waals surface area contributed by atoms with Crippen molar-refractivity contribution in [2.75, 3.05) is 19.8 Å². The zero-order valence-corrected chi connectivity index (χ0v) is 9.03. The number of ether oxygens (including phenoxy) is 1. The van der Waals surface area contributed by atoms with Gasteiger partial charge in [-0.05, 0) is 12.8 Å². The minimum atomic E-state index is -3.39. The third-order valence-corrected chi connectivity index (χ3v) is 4.09. The molecular weight excluding hydrogens is 222 g/mol. The molecule has 15 heavy (non-hydrogen) atoms. The minimum absolute atomic E-state index is 0.161. The van der Waals surface area contributed by atoms with Gasteiger partial charge in [0.1, 0.15) is 0 Å². The molecule has 1 saturated heterocycles. The summed E-state index contributed by atoms with van der Waals surface area (Å²) in [5.41, 5.74) is 5.16. The highest BCUT2D eigenvalue weighted by atomic mass is 32.2. The maximum Gasteiger partial charge on any atom is 0.215 e. The van der Waals surface area contributed by atoms with Crippen molar-refractivity contribution in [3.63, 3.8) is 0 Å². The number of rotatable bonds is 4. The molecule has 0 unspecified atom stereocenters. The molecule has 0 spiro atoms. The summed E-state index contributed by atoms with van der Waals surface area (Å²) < 4.78 is 30.6. The van der Waals surface area contributed by atoms with Crippen molar-refractivity contribution in [1.82, 2.24) is 4.72 Å². The Bertz CT molecular complexity index is 321. The van der Waals surface area contributed by atoms with E-state index in [1.165, 1.54) is 0 Å². The van der Waals surface area contributed by atoms with E-state index >= 15 is 0 Å². The van der Waals surface area contributed by atoms with Gasteiger partial charge >= 0.3 is 0 Å². The molecule has 4 N–H and O–H groups in total. The first-order chi connectivity index (χ1) is 7.06. The fraction of sp³-hybridized carbons (Fsp3) is 0.857. The SMILES string of the molecule is NC(CNS(=O)(=O)C1CCOCC1)=NO. The lowest BCUT2D eigenvalue weighted by atomic mass is 10.2. The Kier molecular flexibility index (Phi) is 4.30. The van der Waals surface area contributed by atoms with Crippen molar-refractivity contribution in [2.45, 2.75) is 18.1 Å². The van der Waals surface area contributed by atoms with Gasteiger partial charge in [0.25, 0.3) is 0 Å². The number of amidine groups is 1. The summed E-state index contributed by atoms with van der Waals surface area (Å²) in [7, 11) is -3.39. The summed E-state index contributed by atoms with van der Waals surface area (Å²) in [6.45, 7) is 0.737. The molecule has 0 radical (unpaired) electrons. The topological polar surface area (TPSA) is 114 Å². The Morgan fingerprint density at radius 2 is 2.13 bits per heavy atom. The van der Waals surface area contributed by atoms with Crippen LogP contribution < -0.4 is 10.5 Å². The van der Waals surface area contributed by atoms with Crippen LogP contribution in [-0.2, 0) is 14.8 Å². The quantitative estimate of drug-likeness (QED) is 0.247. The van der Waals surface area contributed by atoms with E-state index in [-0.39, 0.29) is 12.4 Å². The number of nitrogens with two attached hydrogens (primary N) is 1. The zero-order chi connectivity index (χ0) is 11.3. The Morgan fingerprint density at radius 1 is 1.53 bits per heavy atom. The number of oxime groups is 1. The number of sulfonamides is 1. The molecule has 0 aromatic rings. The van der Waals surface area contributed by atoms with Crippen LogP contribution in [-0.4, -0.2) is 44.5 Å². The molecule has 1 aliphatic rings. The fourth-order valence-electron chi connectivity index (χ4n) is 1.31. The third-order valence-electron chi connectivity index (χ3n) is 2.19. The molecule has 0 aromatic carbocycles. The van der Waals surface area contributed by atoms with Crippen LogP contribution >= 0.6 is 0 Å². The maximum atomic E-state index is 11.6. The van der Waals surface area contributed by atoms with E-state index in [2.05, 4.69) is 9.88 Å². The van der Waals surface area contributed by atoms with Crippen molar-refractivity contribution in [3.8, 4) is 0 Å². The van der Waals surface area contributed by atoms with Crippen molar-refractivity contribution in [3.05, 3.63) is 0 Å². The van der Waals surface area contributed by atoms with E-state index in [9.17, 15) is 8.42 Å². The van der Waals surface area contributed by atoms with Gasteiger partial charge in [0.05, 0.1) is 11.8 Å². The van der Waals surface area contributed by atoms with Crippen molar-refractivity contribution in [2.24, 2.45) is 10.9 Å². The van der Waals surface area contributed by atoms with Gasteiger partial charge in [0.2, 0.25) is 10.0 Å². The lowest BCUT2D eigenvalue weighted by Gasteiger charge is -2.22. The summed E-state index contributed by atoms with van der Waals surface area (Å²) in [4.78, 5) is 0. The molecular formula is C7H15N3O4S. The average molecular weight is 237 g/mol. The molecule has 0 bridgehead atoms. The van der Waals surface area contributed by atoms with Crippen LogP contribution in [0.15, 0.2) is 5.16 Å². The van der Waals surface area contributed by atoms with Crippen LogP contribution in [0.2, 0.25) is 0 Å². The molecule has 0 amide bonds. The monoisotopic (exact) mass is 237 g/mol. The largest absolute Gasteiger partial charge is 0.409 e. The van der Waals surface area contributed by atoms with Gasteiger partial charge in [-0.25, -0.2) is 13.1 Å². The van der Waals surface area contributed by atoms with Gasteiger partial charge in [-0.1, -0.05) is 5.16 Å². The second-order valence-electron chi connectivity index (χ2n) is 3.27. The second kappa shape index (κ2) is 5.29. The van der Waals surface area contributed by atoms with Gasteiger partial charge in [0, 0.05) is 13.2 Å². The van der Waals surface area contributed by atoms with Gasteiger partial charge in [0.15, 0.2) is 5.84 Å². The molecule has 0 saturated carbocycles. The van der Waals surface area contributed by atoms with E-state index in [1.54, 1.807) is 0 Å². The first-order valence-electron chi connectivity index (χ1n) is 4.59. The third kappa shape index (κ3) is 3.65. The molecule has 0 aromatic heterocycles. The number of nitrogens with one attached hydrogen (secondary N) is 1. The number of hydrogen-bond donors (Lipinski definition) is 3. The van der Waals surface area contributed by atoms with E-state index in [1.807, 2.05) is 0 Å². The second-order valence-corrected chi connectivity index (χ2v) is 5.31. The molecule has 0 atom stereocenters. The van der Waals surface area contributed by atoms with Gasteiger partial charge in [-0.3, -0.25) is 0 Å². The molecule has 88 valence electrons. The van der Waals surface area contributed by atoms with Gasteiger partial charge < -0.3 is 15.7 Å². The van der Waals surface area contributed by atoms with Crippen LogP contribution in [0.3, 0.4) is 0 Å². The lowest BCUT2D eigenvalue weighted by molar-refractivity contribution is 0.0982. The lowest BCUT2D eigenvalue weighted by Crippen LogP contribution is -2.41. The Hall–Kier alpha value is -0.860. The highest BCUT2D eigenvalue weighted by Crippen LogP contribution is 2.14. The van der Waals surface area contributed by atoms with Crippen molar-refractivity contribution in [1.29, 1.82) is 0 Å². The average Bonchev–Trinajstić information content (AvgIpc) is 2.27. The first kappa shape index (κ1) is 12.2. The van der Waals surface area contributed by atoms with Gasteiger partial charge in [-0.15, -0.1) is 0 Å². The van der Waals surface area contributed by atoms with Crippen molar-refractivity contribution >= 4 is 15.9 Å². The molecule has 8 heteroatoms. The van der Waals surface area contributed by atoms with E-state index < -0.39 is 15.3 Å². The fourth-order valence-corrected chi connectivity index (χ4v) is 2.71. The smallest absolute Gasteiger partial charge is 0.215 e. The van der Waals surface area contributed by atoms with Crippen molar-refractivity contribution < 1.29 is 18.4 Å². The highest BCUT2D eigenvalue weighted by molar-refractivity contribution is 7.90. The molecule has 1 fully saturated rings. The molecule has 1 rings (SSSR count). The first-order valence-corrected chi connectivity index (χ1v) is 6.13. The molecule has 1 heterocycles. The predicted octanol–water partition coefficient (Wildman–Crippen LogP) is -1.17. The van der Waals surface area contributed by atoms with Crippen LogP contribution in [0.25, 0.3) is 0 Å². The summed E-state index contributed by atoms with van der Waals surface area (Å²) in [6, 6.07) is 0. The van der Waals surface area contributed by atoms with E-state index in [0.717, 1.165) is 0 Å². The van der Waals surface area contributed by atoms with Crippen LogP contribution in [0.1, 0.15) is 12.8 Å². The highest BCUT2D eigenvalue weighted by Gasteiger charge is 2.27. The van der Waals surface area contributed by atoms with E-state index in [4.69, 9.17) is 15.7 Å². The molecule has 1 aliphatic heterocycles.